The maximum absolute atomic E-state index is 12.4. The number of likely N-dealkylation sites (tertiary alicyclic amines) is 1. The molecule has 2 atom stereocenters. The van der Waals surface area contributed by atoms with E-state index in [1.165, 1.54) is 0 Å². The van der Waals surface area contributed by atoms with E-state index in [0.29, 0.717) is 31.1 Å². The molecule has 1 saturated heterocycles. The lowest BCUT2D eigenvalue weighted by Gasteiger charge is -2.24. The summed E-state index contributed by atoms with van der Waals surface area (Å²) in [4.78, 5) is 14.1. The fourth-order valence-electron chi connectivity index (χ4n) is 3.14. The number of hydrogen-bond acceptors (Lipinski definition) is 5. The van der Waals surface area contributed by atoms with Gasteiger partial charge >= 0.3 is 6.09 Å². The van der Waals surface area contributed by atoms with Crippen LogP contribution in [0.25, 0.3) is 0 Å². The van der Waals surface area contributed by atoms with Crippen LogP contribution >= 0.6 is 0 Å². The minimum Gasteiger partial charge on any atom is -0.493 e. The number of benzene rings is 1. The molecule has 1 aliphatic heterocycles. The van der Waals surface area contributed by atoms with Crippen molar-refractivity contribution in [2.75, 3.05) is 33.9 Å². The van der Waals surface area contributed by atoms with E-state index >= 15 is 0 Å². The molecule has 6 nitrogen and oxygen atoms in total. The van der Waals surface area contributed by atoms with Crippen LogP contribution in [0, 0.1) is 5.92 Å². The van der Waals surface area contributed by atoms with Gasteiger partial charge in [0.05, 0.1) is 14.2 Å². The van der Waals surface area contributed by atoms with Gasteiger partial charge in [-0.25, -0.2) is 4.79 Å². The molecule has 6 heteroatoms. The Balaban J connectivity index is 2.26. The van der Waals surface area contributed by atoms with Crippen LogP contribution in [-0.4, -0.2) is 50.4 Å². The number of carbonyl (C=O) groups is 1. The van der Waals surface area contributed by atoms with E-state index in [1.54, 1.807) is 19.1 Å². The third-order valence-electron chi connectivity index (χ3n) is 4.23. The van der Waals surface area contributed by atoms with Crippen molar-refractivity contribution in [3.63, 3.8) is 0 Å². The van der Waals surface area contributed by atoms with Crippen molar-refractivity contribution in [3.05, 3.63) is 23.8 Å². The molecule has 0 saturated carbocycles. The summed E-state index contributed by atoms with van der Waals surface area (Å²) in [6.45, 7) is 7.22. The molecular weight excluding hydrogens is 308 g/mol. The normalized spacial score (nSPS) is 20.8. The van der Waals surface area contributed by atoms with Crippen LogP contribution in [0.4, 0.5) is 4.79 Å². The van der Waals surface area contributed by atoms with Crippen molar-refractivity contribution in [1.29, 1.82) is 0 Å². The molecule has 134 valence electrons. The highest BCUT2D eigenvalue weighted by Crippen LogP contribution is 2.41. The molecule has 0 bridgehead atoms. The summed E-state index contributed by atoms with van der Waals surface area (Å²) in [6.07, 6.45) is -0.301. The third kappa shape index (κ3) is 3.93. The molecule has 2 N–H and O–H groups in total. The van der Waals surface area contributed by atoms with E-state index in [4.69, 9.17) is 19.9 Å². The molecule has 0 spiro atoms. The zero-order chi connectivity index (χ0) is 17.9. The predicted molar refractivity (Wildman–Crippen MR) is 92.6 cm³/mol. The molecule has 1 aromatic carbocycles. The summed E-state index contributed by atoms with van der Waals surface area (Å²) >= 11 is 0. The molecular formula is C18H28N2O4. The van der Waals surface area contributed by atoms with Gasteiger partial charge in [-0.2, -0.15) is 0 Å². The Morgan fingerprint density at radius 2 is 1.96 bits per heavy atom. The summed E-state index contributed by atoms with van der Waals surface area (Å²) in [5.74, 6) is 1.63. The standard InChI is InChI=1S/C18H28N2O4/c1-18(2,3)24-17(21)20-10-12(9-19)14(11-20)13-7-6-8-15(22-4)16(13)23-5/h6-8,12,14H,9-11,19H2,1-5H3/t12-,14-/m1/s1. The van der Waals surface area contributed by atoms with Crippen molar-refractivity contribution in [2.24, 2.45) is 11.7 Å². The second kappa shape index (κ2) is 7.30. The number of amides is 1. The molecule has 0 unspecified atom stereocenters. The Labute approximate surface area is 143 Å². The fourth-order valence-corrected chi connectivity index (χ4v) is 3.14. The van der Waals surface area contributed by atoms with E-state index in [9.17, 15) is 4.79 Å². The number of para-hydroxylation sites is 1. The van der Waals surface area contributed by atoms with Gasteiger partial charge in [-0.05, 0) is 39.3 Å². The largest absolute Gasteiger partial charge is 0.493 e. The van der Waals surface area contributed by atoms with Crippen molar-refractivity contribution in [2.45, 2.75) is 32.3 Å². The quantitative estimate of drug-likeness (QED) is 0.915. The molecule has 0 aromatic heterocycles. The highest BCUT2D eigenvalue weighted by atomic mass is 16.6. The van der Waals surface area contributed by atoms with E-state index in [0.717, 1.165) is 5.56 Å². The topological polar surface area (TPSA) is 74.0 Å². The van der Waals surface area contributed by atoms with Crippen LogP contribution in [-0.2, 0) is 4.74 Å². The molecule has 1 heterocycles. The van der Waals surface area contributed by atoms with Crippen molar-refractivity contribution in [1.82, 2.24) is 4.90 Å². The SMILES string of the molecule is COc1cccc([C@@H]2CN(C(=O)OC(C)(C)C)C[C@H]2CN)c1OC. The molecule has 1 amide bonds. The van der Waals surface area contributed by atoms with Crippen LogP contribution in [0.5, 0.6) is 11.5 Å². The molecule has 0 aliphatic carbocycles. The maximum Gasteiger partial charge on any atom is 0.410 e. The number of ether oxygens (including phenoxy) is 3. The first kappa shape index (κ1) is 18.4. The first-order valence-corrected chi connectivity index (χ1v) is 8.19. The number of carbonyl (C=O) groups excluding carboxylic acids is 1. The Kier molecular flexibility index (Phi) is 5.59. The Hall–Kier alpha value is -1.95. The zero-order valence-electron chi connectivity index (χ0n) is 15.2. The average Bonchev–Trinajstić information content (AvgIpc) is 2.96. The van der Waals surface area contributed by atoms with Crippen molar-refractivity contribution in [3.8, 4) is 11.5 Å². The molecule has 1 aromatic rings. The smallest absolute Gasteiger partial charge is 0.410 e. The molecule has 0 radical (unpaired) electrons. The Morgan fingerprint density at radius 3 is 2.50 bits per heavy atom. The molecule has 24 heavy (non-hydrogen) atoms. The summed E-state index contributed by atoms with van der Waals surface area (Å²) in [5, 5.41) is 0. The first-order valence-electron chi connectivity index (χ1n) is 8.19. The second-order valence-electron chi connectivity index (χ2n) is 7.07. The summed E-state index contributed by atoms with van der Waals surface area (Å²) < 4.78 is 16.4. The Morgan fingerprint density at radius 1 is 1.25 bits per heavy atom. The molecule has 1 fully saturated rings. The van der Waals surface area contributed by atoms with Gasteiger partial charge in [0, 0.05) is 24.6 Å². The van der Waals surface area contributed by atoms with Gasteiger partial charge in [-0.15, -0.1) is 0 Å². The molecule has 1 aliphatic rings. The van der Waals surface area contributed by atoms with Crippen molar-refractivity contribution < 1.29 is 19.0 Å². The number of hydrogen-bond donors (Lipinski definition) is 1. The second-order valence-corrected chi connectivity index (χ2v) is 7.07. The predicted octanol–water partition coefficient (Wildman–Crippen LogP) is 2.61. The number of nitrogens with two attached hydrogens (primary N) is 1. The van der Waals surface area contributed by atoms with Crippen LogP contribution in [0.3, 0.4) is 0 Å². The van der Waals surface area contributed by atoms with E-state index in [1.807, 2.05) is 39.0 Å². The van der Waals surface area contributed by atoms with Crippen LogP contribution in [0.1, 0.15) is 32.3 Å². The van der Waals surface area contributed by atoms with Gasteiger partial charge in [-0.3, -0.25) is 0 Å². The zero-order valence-corrected chi connectivity index (χ0v) is 15.2. The summed E-state index contributed by atoms with van der Waals surface area (Å²) in [5.41, 5.74) is 6.46. The lowest BCUT2D eigenvalue weighted by atomic mass is 9.88. The van der Waals surface area contributed by atoms with Gasteiger partial charge in [-0.1, -0.05) is 12.1 Å². The Bertz CT molecular complexity index is 583. The minimum atomic E-state index is -0.513. The van der Waals surface area contributed by atoms with Gasteiger partial charge < -0.3 is 24.8 Å². The summed E-state index contributed by atoms with van der Waals surface area (Å²) in [6, 6.07) is 5.80. The number of methoxy groups -OCH3 is 2. The van der Waals surface area contributed by atoms with E-state index in [2.05, 4.69) is 0 Å². The van der Waals surface area contributed by atoms with Crippen molar-refractivity contribution >= 4 is 6.09 Å². The first-order chi connectivity index (χ1) is 11.3. The van der Waals surface area contributed by atoms with Crippen LogP contribution in [0.15, 0.2) is 18.2 Å². The van der Waals surface area contributed by atoms with Gasteiger partial charge in [0.1, 0.15) is 5.60 Å². The highest BCUT2D eigenvalue weighted by molar-refractivity contribution is 5.69. The number of rotatable bonds is 4. The highest BCUT2D eigenvalue weighted by Gasteiger charge is 2.38. The van der Waals surface area contributed by atoms with Crippen LogP contribution in [0.2, 0.25) is 0 Å². The fraction of sp³-hybridized carbons (Fsp3) is 0.611. The lowest BCUT2D eigenvalue weighted by Crippen LogP contribution is -2.35. The lowest BCUT2D eigenvalue weighted by molar-refractivity contribution is 0.0287. The third-order valence-corrected chi connectivity index (χ3v) is 4.23. The van der Waals surface area contributed by atoms with Gasteiger partial charge in [0.25, 0.3) is 0 Å². The maximum atomic E-state index is 12.4. The van der Waals surface area contributed by atoms with Gasteiger partial charge in [0.2, 0.25) is 0 Å². The summed E-state index contributed by atoms with van der Waals surface area (Å²) in [7, 11) is 3.24. The monoisotopic (exact) mass is 336 g/mol. The van der Waals surface area contributed by atoms with E-state index < -0.39 is 5.60 Å². The van der Waals surface area contributed by atoms with Crippen LogP contribution < -0.4 is 15.2 Å². The van der Waals surface area contributed by atoms with E-state index in [-0.39, 0.29) is 17.9 Å². The minimum absolute atomic E-state index is 0.0903. The van der Waals surface area contributed by atoms with Gasteiger partial charge in [0.15, 0.2) is 11.5 Å². The average molecular weight is 336 g/mol. The number of nitrogens with zero attached hydrogens (tertiary/aromatic N) is 1. The molecule has 2 rings (SSSR count).